The van der Waals surface area contributed by atoms with Gasteiger partial charge in [0.1, 0.15) is 6.33 Å². The quantitative estimate of drug-likeness (QED) is 0.506. The maximum atomic E-state index is 11.7. The number of aromatic amines is 1. The lowest BCUT2D eigenvalue weighted by atomic mass is 9.87. The van der Waals surface area contributed by atoms with Gasteiger partial charge in [0.25, 0.3) is 5.78 Å². The second kappa shape index (κ2) is 8.35. The second-order valence-electron chi connectivity index (χ2n) is 8.94. The van der Waals surface area contributed by atoms with Crippen LogP contribution in [0, 0.1) is 0 Å². The SMILES string of the molecule is CNC(=O)CN1CCC(c2ccc3[nH]c(-c4cnc5ncnn5c4)c(C(C)C)c3c2)CC1. The Bertz CT molecular complexity index is 1260. The number of aromatic nitrogens is 5. The topological polar surface area (TPSA) is 91.2 Å². The standard InChI is InChI=1S/C24H29N7O/c1-15(2)22-19-10-17(16-6-8-30(9-7-16)13-21(32)25-3)4-5-20(19)29-23(22)18-11-26-24-27-14-28-31(24)12-18/h4-5,10-12,14-16,29H,6-9,13H2,1-3H3,(H,25,32). The molecule has 1 saturated heterocycles. The molecule has 0 saturated carbocycles. The lowest BCUT2D eigenvalue weighted by molar-refractivity contribution is -0.122. The van der Waals surface area contributed by atoms with E-state index >= 15 is 0 Å². The number of carbonyl (C=O) groups excluding carboxylic acids is 1. The molecule has 1 amide bonds. The first kappa shape index (κ1) is 20.6. The molecular formula is C24H29N7O. The van der Waals surface area contributed by atoms with E-state index in [1.54, 1.807) is 11.6 Å². The number of hydrogen-bond acceptors (Lipinski definition) is 5. The van der Waals surface area contributed by atoms with E-state index in [0.29, 0.717) is 24.2 Å². The minimum absolute atomic E-state index is 0.0878. The first-order valence-corrected chi connectivity index (χ1v) is 11.3. The molecule has 5 rings (SSSR count). The summed E-state index contributed by atoms with van der Waals surface area (Å²) in [7, 11) is 1.70. The summed E-state index contributed by atoms with van der Waals surface area (Å²) in [5, 5.41) is 8.23. The van der Waals surface area contributed by atoms with Crippen molar-refractivity contribution in [3.63, 3.8) is 0 Å². The van der Waals surface area contributed by atoms with Crippen LogP contribution in [-0.4, -0.2) is 62.1 Å². The summed E-state index contributed by atoms with van der Waals surface area (Å²) < 4.78 is 1.71. The molecule has 8 heteroatoms. The highest BCUT2D eigenvalue weighted by Crippen LogP contribution is 2.38. The molecule has 1 aliphatic heterocycles. The van der Waals surface area contributed by atoms with Crippen molar-refractivity contribution < 1.29 is 4.79 Å². The molecule has 1 fully saturated rings. The molecule has 3 aromatic heterocycles. The Morgan fingerprint density at radius 3 is 2.81 bits per heavy atom. The van der Waals surface area contributed by atoms with Gasteiger partial charge in [-0.05, 0) is 61.0 Å². The zero-order valence-corrected chi connectivity index (χ0v) is 18.8. The number of piperidine rings is 1. The molecule has 1 aliphatic rings. The molecule has 0 spiro atoms. The number of likely N-dealkylation sites (N-methyl/N-ethyl adjacent to an activating group) is 1. The first-order chi connectivity index (χ1) is 15.5. The van der Waals surface area contributed by atoms with Crippen molar-refractivity contribution in [3.8, 4) is 11.3 Å². The highest BCUT2D eigenvalue weighted by Gasteiger charge is 2.23. The molecule has 0 unspecified atom stereocenters. The van der Waals surface area contributed by atoms with Gasteiger partial charge in [-0.15, -0.1) is 0 Å². The molecule has 0 radical (unpaired) electrons. The highest BCUT2D eigenvalue weighted by atomic mass is 16.1. The van der Waals surface area contributed by atoms with E-state index in [-0.39, 0.29) is 5.91 Å². The Morgan fingerprint density at radius 1 is 1.25 bits per heavy atom. The number of nitrogens with one attached hydrogen (secondary N) is 2. The van der Waals surface area contributed by atoms with Crippen molar-refractivity contribution in [2.24, 2.45) is 0 Å². The predicted molar refractivity (Wildman–Crippen MR) is 125 cm³/mol. The van der Waals surface area contributed by atoms with Gasteiger partial charge in [0.05, 0.1) is 12.2 Å². The Labute approximate surface area is 187 Å². The summed E-state index contributed by atoms with van der Waals surface area (Å²) in [6.45, 7) is 6.87. The van der Waals surface area contributed by atoms with Gasteiger partial charge in [0.2, 0.25) is 5.91 Å². The lowest BCUT2D eigenvalue weighted by Crippen LogP contribution is -2.40. The molecule has 0 aliphatic carbocycles. The Morgan fingerprint density at radius 2 is 2.06 bits per heavy atom. The Balaban J connectivity index is 1.46. The van der Waals surface area contributed by atoms with Gasteiger partial charge in [-0.1, -0.05) is 19.9 Å². The van der Waals surface area contributed by atoms with Gasteiger partial charge in [-0.25, -0.2) is 9.50 Å². The fraction of sp³-hybridized carbons (Fsp3) is 0.417. The average Bonchev–Trinajstić information content (AvgIpc) is 3.42. The Kier molecular flexibility index (Phi) is 5.38. The summed E-state index contributed by atoms with van der Waals surface area (Å²) in [6.07, 6.45) is 7.51. The van der Waals surface area contributed by atoms with Gasteiger partial charge < -0.3 is 10.3 Å². The Hall–Kier alpha value is -3.26. The van der Waals surface area contributed by atoms with E-state index in [4.69, 9.17) is 0 Å². The van der Waals surface area contributed by atoms with E-state index < -0.39 is 0 Å². The number of H-pyrrole nitrogens is 1. The highest BCUT2D eigenvalue weighted by molar-refractivity contribution is 5.91. The van der Waals surface area contributed by atoms with Crippen LogP contribution in [0.1, 0.15) is 49.7 Å². The largest absolute Gasteiger partial charge is 0.358 e. The molecule has 8 nitrogen and oxygen atoms in total. The van der Waals surface area contributed by atoms with Gasteiger partial charge >= 0.3 is 0 Å². The minimum Gasteiger partial charge on any atom is -0.358 e. The van der Waals surface area contributed by atoms with Crippen molar-refractivity contribution >= 4 is 22.6 Å². The van der Waals surface area contributed by atoms with E-state index in [2.05, 4.69) is 62.3 Å². The number of fused-ring (bicyclic) bond motifs is 2. The summed E-state index contributed by atoms with van der Waals surface area (Å²) in [5.41, 5.74) is 5.93. The van der Waals surface area contributed by atoms with Gasteiger partial charge in [0.15, 0.2) is 0 Å². The fourth-order valence-electron chi connectivity index (χ4n) is 4.87. The molecule has 1 aromatic carbocycles. The van der Waals surface area contributed by atoms with Crippen LogP contribution < -0.4 is 5.32 Å². The third kappa shape index (κ3) is 3.75. The fourth-order valence-corrected chi connectivity index (χ4v) is 4.87. The summed E-state index contributed by atoms with van der Waals surface area (Å²) >= 11 is 0. The van der Waals surface area contributed by atoms with Crippen molar-refractivity contribution in [1.29, 1.82) is 0 Å². The molecule has 0 atom stereocenters. The van der Waals surface area contributed by atoms with Crippen molar-refractivity contribution in [3.05, 3.63) is 48.0 Å². The summed E-state index contributed by atoms with van der Waals surface area (Å²) in [6, 6.07) is 6.83. The van der Waals surface area contributed by atoms with Crippen LogP contribution in [0.2, 0.25) is 0 Å². The molecule has 166 valence electrons. The van der Waals surface area contributed by atoms with Crippen LogP contribution in [0.25, 0.3) is 27.9 Å². The van der Waals surface area contributed by atoms with Gasteiger partial charge in [0, 0.05) is 35.9 Å². The van der Waals surface area contributed by atoms with E-state index in [1.165, 1.54) is 22.8 Å². The van der Waals surface area contributed by atoms with Gasteiger partial charge in [-0.2, -0.15) is 10.1 Å². The minimum atomic E-state index is 0.0878. The summed E-state index contributed by atoms with van der Waals surface area (Å²) in [5.74, 6) is 1.56. The number of benzene rings is 1. The molecule has 32 heavy (non-hydrogen) atoms. The number of amides is 1. The van der Waals surface area contributed by atoms with E-state index in [0.717, 1.165) is 42.7 Å². The molecule has 2 N–H and O–H groups in total. The third-order valence-electron chi connectivity index (χ3n) is 6.57. The maximum absolute atomic E-state index is 11.7. The lowest BCUT2D eigenvalue weighted by Gasteiger charge is -2.31. The third-order valence-corrected chi connectivity index (χ3v) is 6.57. The zero-order valence-electron chi connectivity index (χ0n) is 18.8. The maximum Gasteiger partial charge on any atom is 0.252 e. The second-order valence-corrected chi connectivity index (χ2v) is 8.94. The van der Waals surface area contributed by atoms with Crippen LogP contribution in [-0.2, 0) is 4.79 Å². The zero-order chi connectivity index (χ0) is 22.2. The van der Waals surface area contributed by atoms with Crippen LogP contribution in [0.15, 0.2) is 36.9 Å². The van der Waals surface area contributed by atoms with Crippen molar-refractivity contribution in [2.45, 2.75) is 38.5 Å². The van der Waals surface area contributed by atoms with Crippen molar-refractivity contribution in [1.82, 2.24) is 34.8 Å². The monoisotopic (exact) mass is 431 g/mol. The normalized spacial score (nSPS) is 15.8. The number of carbonyl (C=O) groups is 1. The number of hydrogen-bond donors (Lipinski definition) is 2. The van der Waals surface area contributed by atoms with E-state index in [1.807, 2.05) is 12.4 Å². The van der Waals surface area contributed by atoms with Crippen LogP contribution in [0.4, 0.5) is 0 Å². The predicted octanol–water partition coefficient (Wildman–Crippen LogP) is 3.32. The molecule has 4 heterocycles. The van der Waals surface area contributed by atoms with Crippen LogP contribution in [0.3, 0.4) is 0 Å². The number of rotatable bonds is 5. The first-order valence-electron chi connectivity index (χ1n) is 11.3. The smallest absolute Gasteiger partial charge is 0.252 e. The number of nitrogens with zero attached hydrogens (tertiary/aromatic N) is 5. The summed E-state index contributed by atoms with van der Waals surface area (Å²) in [4.78, 5) is 26.2. The van der Waals surface area contributed by atoms with Crippen LogP contribution in [0.5, 0.6) is 0 Å². The molecule has 4 aromatic rings. The number of likely N-dealkylation sites (tertiary alicyclic amines) is 1. The van der Waals surface area contributed by atoms with Gasteiger partial charge in [-0.3, -0.25) is 9.69 Å². The van der Waals surface area contributed by atoms with E-state index in [9.17, 15) is 4.79 Å². The molecular weight excluding hydrogens is 402 g/mol. The average molecular weight is 432 g/mol. The van der Waals surface area contributed by atoms with Crippen LogP contribution >= 0.6 is 0 Å². The molecule has 0 bridgehead atoms. The van der Waals surface area contributed by atoms with Crippen molar-refractivity contribution in [2.75, 3.05) is 26.7 Å².